The van der Waals surface area contributed by atoms with Crippen molar-refractivity contribution < 1.29 is 75.8 Å². The van der Waals surface area contributed by atoms with Crippen LogP contribution in [0.5, 0.6) is 0 Å². The SMILES string of the molecule is CC/C=C\C/C=C\C/C=C\CCCCCCCC(=O)OCC(COP(=O)(O)OCC(O)COP(=O)(O)OCC(O)COC(=O)CCCCCCCCCCCCCCCCC/C=C\C/C=C\C/C=C\C/C=C\CCCCC)OC(=O)CCCCCCC/C=C\C/C=C\CCCCC. The van der Waals surface area contributed by atoms with Gasteiger partial charge < -0.3 is 34.2 Å². The molecular formula is C79H138O16P2. The van der Waals surface area contributed by atoms with Crippen LogP contribution in [0.15, 0.2) is 109 Å². The van der Waals surface area contributed by atoms with Gasteiger partial charge in [0.15, 0.2) is 6.10 Å². The van der Waals surface area contributed by atoms with E-state index in [4.69, 9.17) is 32.3 Å². The summed E-state index contributed by atoms with van der Waals surface area (Å²) in [6, 6.07) is 0. The van der Waals surface area contributed by atoms with Crippen molar-refractivity contribution in [1.82, 2.24) is 0 Å². The highest BCUT2D eigenvalue weighted by atomic mass is 31.2. The third-order valence-corrected chi connectivity index (χ3v) is 17.9. The van der Waals surface area contributed by atoms with Crippen LogP contribution in [0.1, 0.15) is 316 Å². The van der Waals surface area contributed by atoms with E-state index < -0.39 is 91.5 Å². The zero-order valence-corrected chi connectivity index (χ0v) is 62.8. The maximum absolute atomic E-state index is 12.9. The van der Waals surface area contributed by atoms with Gasteiger partial charge in [0.2, 0.25) is 0 Å². The van der Waals surface area contributed by atoms with Gasteiger partial charge in [-0.15, -0.1) is 0 Å². The molecule has 18 heteroatoms. The smallest absolute Gasteiger partial charge is 0.463 e. The van der Waals surface area contributed by atoms with E-state index in [0.29, 0.717) is 19.3 Å². The molecule has 97 heavy (non-hydrogen) atoms. The van der Waals surface area contributed by atoms with Crippen molar-refractivity contribution in [1.29, 1.82) is 0 Å². The molecule has 560 valence electrons. The highest BCUT2D eigenvalue weighted by molar-refractivity contribution is 7.47. The second-order valence-corrected chi connectivity index (χ2v) is 28.3. The van der Waals surface area contributed by atoms with Crippen LogP contribution < -0.4 is 0 Å². The van der Waals surface area contributed by atoms with Crippen molar-refractivity contribution >= 4 is 33.6 Å². The highest BCUT2D eigenvalue weighted by Gasteiger charge is 2.29. The van der Waals surface area contributed by atoms with E-state index in [2.05, 4.69) is 130 Å². The Kier molecular flexibility index (Phi) is 69.2. The number of phosphoric ester groups is 2. The van der Waals surface area contributed by atoms with Gasteiger partial charge >= 0.3 is 33.6 Å². The number of phosphoric acid groups is 2. The quantitative estimate of drug-likeness (QED) is 0.0146. The summed E-state index contributed by atoms with van der Waals surface area (Å²) in [6.45, 7) is 2.49. The van der Waals surface area contributed by atoms with Gasteiger partial charge in [0.25, 0.3) is 0 Å². The van der Waals surface area contributed by atoms with E-state index in [1.165, 1.54) is 122 Å². The van der Waals surface area contributed by atoms with Crippen LogP contribution in [0, 0.1) is 0 Å². The number of esters is 3. The molecule has 0 aliphatic carbocycles. The van der Waals surface area contributed by atoms with Gasteiger partial charge in [-0.2, -0.15) is 0 Å². The summed E-state index contributed by atoms with van der Waals surface area (Å²) in [4.78, 5) is 58.5. The number of aliphatic hydroxyl groups is 2. The molecule has 5 atom stereocenters. The van der Waals surface area contributed by atoms with Crippen LogP contribution in [0.4, 0.5) is 0 Å². The van der Waals surface area contributed by atoms with Crippen LogP contribution in [0.2, 0.25) is 0 Å². The number of hydrogen-bond donors (Lipinski definition) is 4. The topological polar surface area (TPSA) is 231 Å². The summed E-state index contributed by atoms with van der Waals surface area (Å²) in [5.74, 6) is -1.61. The van der Waals surface area contributed by atoms with E-state index in [0.717, 1.165) is 135 Å². The minimum Gasteiger partial charge on any atom is -0.463 e. The number of unbranched alkanes of at least 4 members (excludes halogenated alkanes) is 31. The fraction of sp³-hybridized carbons (Fsp3) is 0.734. The molecular weight excluding hydrogens is 1270 g/mol. The number of rotatable bonds is 72. The number of carbonyl (C=O) groups excluding carboxylic acids is 3. The largest absolute Gasteiger partial charge is 0.472 e. The average molecular weight is 1410 g/mol. The zero-order valence-electron chi connectivity index (χ0n) is 61.0. The number of carbonyl (C=O) groups is 3. The second-order valence-electron chi connectivity index (χ2n) is 25.4. The van der Waals surface area contributed by atoms with Crippen LogP contribution in [-0.4, -0.2) is 95.9 Å². The van der Waals surface area contributed by atoms with Gasteiger partial charge in [-0.05, 0) is 128 Å². The predicted molar refractivity (Wildman–Crippen MR) is 399 cm³/mol. The van der Waals surface area contributed by atoms with E-state index in [9.17, 15) is 43.5 Å². The summed E-state index contributed by atoms with van der Waals surface area (Å²) in [7, 11) is -9.79. The standard InChI is InChI=1S/C79H138O16P2/c1-4-7-10-13-16-19-22-25-28-29-30-31-32-33-34-35-36-37-38-39-40-41-42-43-46-48-50-53-56-59-62-65-77(82)89-68-74(80)69-91-96(85,86)92-70-75(81)71-93-97(87,88)94-73-76(95-79(84)67-64-61-58-55-52-49-45-27-24-21-18-15-12-9-6-3)72-90-78(83)66-63-60-57-54-51-47-44-26-23-20-17-14-11-8-5-2/h8,11,16-21,25-28,30-31,33-34,44-45,74-76,80-81H,4-7,9-10,12-15,22-24,29,32,35-43,46-73H2,1-3H3,(H,85,86)(H,87,88)/b11-8-,19-16-,20-17-,21-18-,28-25-,31-30-,34-33-,44-26-,45-27-. The van der Waals surface area contributed by atoms with E-state index >= 15 is 0 Å². The Balaban J connectivity index is 4.44. The van der Waals surface area contributed by atoms with E-state index in [1.54, 1.807) is 0 Å². The maximum Gasteiger partial charge on any atom is 0.472 e. The first kappa shape index (κ1) is 93.2. The van der Waals surface area contributed by atoms with Crippen molar-refractivity contribution in [2.45, 2.75) is 334 Å². The predicted octanol–water partition coefficient (Wildman–Crippen LogP) is 22.0. The molecule has 0 radical (unpaired) electrons. The Morgan fingerprint density at radius 2 is 0.546 bits per heavy atom. The van der Waals surface area contributed by atoms with Crippen LogP contribution >= 0.6 is 15.6 Å². The number of aliphatic hydroxyl groups excluding tert-OH is 2. The molecule has 16 nitrogen and oxygen atoms in total. The summed E-state index contributed by atoms with van der Waals surface area (Å²) in [5.41, 5.74) is 0. The molecule has 0 aliphatic rings. The first-order chi connectivity index (χ1) is 47.2. The third-order valence-electron chi connectivity index (χ3n) is 16.0. The van der Waals surface area contributed by atoms with Crippen molar-refractivity contribution in [2.75, 3.05) is 39.6 Å². The Morgan fingerprint density at radius 1 is 0.299 bits per heavy atom. The van der Waals surface area contributed by atoms with Crippen LogP contribution in [0.3, 0.4) is 0 Å². The lowest BCUT2D eigenvalue weighted by molar-refractivity contribution is -0.161. The average Bonchev–Trinajstić information content (AvgIpc) is 3.75. The van der Waals surface area contributed by atoms with Gasteiger partial charge in [0.05, 0.1) is 26.4 Å². The van der Waals surface area contributed by atoms with Gasteiger partial charge in [0, 0.05) is 19.3 Å². The Morgan fingerprint density at radius 3 is 0.866 bits per heavy atom. The number of allylic oxidation sites excluding steroid dienone is 18. The molecule has 0 aliphatic heterocycles. The molecule has 0 aromatic carbocycles. The van der Waals surface area contributed by atoms with Crippen molar-refractivity contribution in [3.05, 3.63) is 109 Å². The minimum atomic E-state index is -4.93. The second kappa shape index (κ2) is 72.0. The Hall–Kier alpha value is -3.79. The van der Waals surface area contributed by atoms with Gasteiger partial charge in [-0.25, -0.2) is 9.13 Å². The van der Waals surface area contributed by atoms with Gasteiger partial charge in [0.1, 0.15) is 25.4 Å². The van der Waals surface area contributed by atoms with Crippen molar-refractivity contribution in [3.8, 4) is 0 Å². The van der Waals surface area contributed by atoms with Crippen molar-refractivity contribution in [2.24, 2.45) is 0 Å². The lowest BCUT2D eigenvalue weighted by Gasteiger charge is -2.21. The maximum atomic E-state index is 12.9. The highest BCUT2D eigenvalue weighted by Crippen LogP contribution is 2.45. The van der Waals surface area contributed by atoms with E-state index in [1.807, 2.05) is 0 Å². The molecule has 0 fully saturated rings. The molecule has 0 saturated heterocycles. The lowest BCUT2D eigenvalue weighted by Crippen LogP contribution is -2.30. The first-order valence-electron chi connectivity index (χ1n) is 38.2. The Labute approximate surface area is 590 Å². The zero-order chi connectivity index (χ0) is 70.9. The molecule has 4 N–H and O–H groups in total. The normalized spacial score (nSPS) is 14.7. The molecule has 0 saturated carbocycles. The monoisotopic (exact) mass is 1400 g/mol. The first-order valence-corrected chi connectivity index (χ1v) is 41.2. The minimum absolute atomic E-state index is 0.0839. The molecule has 0 spiro atoms. The van der Waals surface area contributed by atoms with Crippen LogP contribution in [0.25, 0.3) is 0 Å². The summed E-state index contributed by atoms with van der Waals surface area (Å²) >= 11 is 0. The van der Waals surface area contributed by atoms with Crippen molar-refractivity contribution in [3.63, 3.8) is 0 Å². The molecule has 0 aromatic heterocycles. The third kappa shape index (κ3) is 73.3. The summed E-state index contributed by atoms with van der Waals surface area (Å²) in [6.07, 6.45) is 83.0. The van der Waals surface area contributed by atoms with Crippen LogP contribution in [-0.2, 0) is 55.8 Å². The molecule has 0 heterocycles. The number of hydrogen-bond acceptors (Lipinski definition) is 14. The molecule has 5 unspecified atom stereocenters. The molecule has 0 aromatic rings. The fourth-order valence-electron chi connectivity index (χ4n) is 10.1. The number of ether oxygens (including phenoxy) is 3. The fourth-order valence-corrected chi connectivity index (χ4v) is 11.7. The summed E-state index contributed by atoms with van der Waals surface area (Å²) < 4.78 is 61.0. The summed E-state index contributed by atoms with van der Waals surface area (Å²) in [5, 5.41) is 20.6. The van der Waals surface area contributed by atoms with E-state index in [-0.39, 0.29) is 19.3 Å². The lowest BCUT2D eigenvalue weighted by atomic mass is 10.0. The molecule has 0 rings (SSSR count). The Bertz CT molecular complexity index is 2200. The van der Waals surface area contributed by atoms with Gasteiger partial charge in [-0.1, -0.05) is 278 Å². The van der Waals surface area contributed by atoms with Gasteiger partial charge in [-0.3, -0.25) is 32.5 Å². The molecule has 0 bridgehead atoms. The molecule has 0 amide bonds.